The van der Waals surface area contributed by atoms with E-state index in [0.717, 1.165) is 41.5 Å². The summed E-state index contributed by atoms with van der Waals surface area (Å²) in [7, 11) is 0. The Morgan fingerprint density at radius 3 is 1.49 bits per heavy atom. The summed E-state index contributed by atoms with van der Waals surface area (Å²) >= 11 is 1.91. The Balaban J connectivity index is 2.60. The lowest BCUT2D eigenvalue weighted by molar-refractivity contribution is -0.352. The van der Waals surface area contributed by atoms with Crippen LogP contribution in [0.25, 0.3) is 0 Å². The molecule has 17 heteroatoms. The van der Waals surface area contributed by atoms with Gasteiger partial charge in [0.05, 0.1) is 6.10 Å². The number of carbonyl (C=O) groups is 6. The Morgan fingerprint density at radius 2 is 1.02 bits per heavy atom. The van der Waals surface area contributed by atoms with Crippen LogP contribution in [-0.4, -0.2) is 113 Å². The van der Waals surface area contributed by atoms with Crippen molar-refractivity contribution in [2.75, 3.05) is 11.0 Å². The maximum absolute atomic E-state index is 12.1. The lowest BCUT2D eigenvalue weighted by Crippen LogP contribution is -2.66. The number of alkyl halides is 1. The Morgan fingerprint density at radius 1 is 0.585 bits per heavy atom. The fourth-order valence-electron chi connectivity index (χ4n) is 4.28. The third-order valence-corrected chi connectivity index (χ3v) is 6.47. The molecule has 2 saturated heterocycles. The molecule has 1 unspecified atom stereocenters. The topological polar surface area (TPSA) is 206 Å². The van der Waals surface area contributed by atoms with Crippen molar-refractivity contribution in [1.82, 2.24) is 0 Å². The zero-order valence-electron chi connectivity index (χ0n) is 23.1. The van der Waals surface area contributed by atoms with Gasteiger partial charge in [0.1, 0.15) is 18.8 Å². The van der Waals surface area contributed by atoms with E-state index in [1.54, 1.807) is 0 Å². The van der Waals surface area contributed by atoms with Gasteiger partial charge in [0.2, 0.25) is 0 Å². The minimum atomic E-state index is -1.71. The number of hydrogen-bond acceptors (Lipinski definition) is 16. The van der Waals surface area contributed by atoms with Crippen LogP contribution in [-0.2, 0) is 71.4 Å². The Kier molecular flexibility index (Phi) is 13.1. The van der Waals surface area contributed by atoms with Gasteiger partial charge >= 0.3 is 35.8 Å². The summed E-state index contributed by atoms with van der Waals surface area (Å²) in [6.07, 6.45) is -14.5. The van der Waals surface area contributed by atoms with Crippen molar-refractivity contribution in [2.45, 2.75) is 103 Å². The fraction of sp³-hybridized carbons (Fsp3) is 0.750. The molecule has 0 bridgehead atoms. The number of aliphatic hydroxyl groups excluding tert-OH is 1. The van der Waals surface area contributed by atoms with Gasteiger partial charge in [0, 0.05) is 46.0 Å². The van der Waals surface area contributed by atoms with Crippen molar-refractivity contribution in [3.05, 3.63) is 0 Å². The standard InChI is InChI=1S/C24H33IO16/c1-9(26)33-8-16-18(34-10(2)27)20(36-12(4)29)22(38-14(6)31)24(40-16)41-17-15(7-25)39-23(32)21(37-13(5)30)19(17)35-11(3)28/h15-24,32H,7-8H2,1-6H3/t15-,16-,17-,18+,19+,20+,21-,22-,23?,24+/m1/s1. The number of rotatable bonds is 10. The number of ether oxygens (including phenoxy) is 9. The van der Waals surface area contributed by atoms with Gasteiger partial charge in [-0.2, -0.15) is 0 Å². The lowest BCUT2D eigenvalue weighted by atomic mass is 9.96. The van der Waals surface area contributed by atoms with Gasteiger partial charge in [0.25, 0.3) is 0 Å². The van der Waals surface area contributed by atoms with Crippen molar-refractivity contribution >= 4 is 58.4 Å². The molecule has 1 N–H and O–H groups in total. The highest BCUT2D eigenvalue weighted by Gasteiger charge is 2.56. The predicted molar refractivity (Wildman–Crippen MR) is 138 cm³/mol. The van der Waals surface area contributed by atoms with Crippen LogP contribution in [0.4, 0.5) is 0 Å². The van der Waals surface area contributed by atoms with E-state index >= 15 is 0 Å². The van der Waals surface area contributed by atoms with Crippen LogP contribution < -0.4 is 0 Å². The summed E-state index contributed by atoms with van der Waals surface area (Å²) in [4.78, 5) is 71.5. The third-order valence-electron chi connectivity index (χ3n) is 5.60. The van der Waals surface area contributed by atoms with Crippen molar-refractivity contribution in [3.63, 3.8) is 0 Å². The van der Waals surface area contributed by atoms with E-state index in [1.807, 2.05) is 22.6 Å². The first-order valence-corrected chi connectivity index (χ1v) is 13.9. The van der Waals surface area contributed by atoms with E-state index in [2.05, 4.69) is 0 Å². The number of carbonyl (C=O) groups excluding carboxylic acids is 6. The van der Waals surface area contributed by atoms with Crippen LogP contribution >= 0.6 is 22.6 Å². The highest BCUT2D eigenvalue weighted by Crippen LogP contribution is 2.35. The van der Waals surface area contributed by atoms with Crippen LogP contribution in [0.5, 0.6) is 0 Å². The molecule has 0 spiro atoms. The highest BCUT2D eigenvalue weighted by atomic mass is 127. The van der Waals surface area contributed by atoms with Gasteiger partial charge in [-0.3, -0.25) is 28.8 Å². The molecular formula is C24H33IO16. The smallest absolute Gasteiger partial charge is 0.303 e. The molecule has 2 fully saturated rings. The second-order valence-electron chi connectivity index (χ2n) is 9.04. The number of esters is 6. The normalized spacial score (nSPS) is 33.1. The van der Waals surface area contributed by atoms with Crippen LogP contribution in [0.3, 0.4) is 0 Å². The minimum Gasteiger partial charge on any atom is -0.463 e. The lowest BCUT2D eigenvalue weighted by Gasteiger charge is -2.48. The minimum absolute atomic E-state index is 0.148. The number of halogens is 1. The Labute approximate surface area is 248 Å². The second-order valence-corrected chi connectivity index (χ2v) is 9.92. The molecule has 2 aliphatic heterocycles. The molecule has 232 valence electrons. The maximum atomic E-state index is 12.1. The largest absolute Gasteiger partial charge is 0.463 e. The average Bonchev–Trinajstić information content (AvgIpc) is 2.83. The first-order valence-electron chi connectivity index (χ1n) is 12.3. The SMILES string of the molecule is CC(=O)OC[C@H]1O[C@@H](O[C@H]2[C@H](OC(C)=O)[C@@H](OC(C)=O)C(O)O[C@@H]2CI)[C@H](OC(C)=O)[C@@H](OC(C)=O)[C@H]1OC(C)=O. The summed E-state index contributed by atoms with van der Waals surface area (Å²) in [5, 5.41) is 10.5. The van der Waals surface area contributed by atoms with E-state index < -0.39 is 104 Å². The molecular weight excluding hydrogens is 671 g/mol. The van der Waals surface area contributed by atoms with Crippen LogP contribution in [0, 0.1) is 0 Å². The van der Waals surface area contributed by atoms with E-state index in [1.165, 1.54) is 0 Å². The van der Waals surface area contributed by atoms with E-state index in [-0.39, 0.29) is 4.43 Å². The van der Waals surface area contributed by atoms with Crippen LogP contribution in [0.1, 0.15) is 41.5 Å². The molecule has 0 aromatic heterocycles. The molecule has 2 aliphatic rings. The van der Waals surface area contributed by atoms with Crippen molar-refractivity contribution < 1.29 is 76.5 Å². The van der Waals surface area contributed by atoms with Crippen LogP contribution in [0.15, 0.2) is 0 Å². The molecule has 0 aromatic rings. The Bertz CT molecular complexity index is 987. The molecule has 16 nitrogen and oxygen atoms in total. The molecule has 0 aromatic carbocycles. The molecule has 0 amide bonds. The van der Waals surface area contributed by atoms with Gasteiger partial charge in [-0.15, -0.1) is 0 Å². The molecule has 2 heterocycles. The van der Waals surface area contributed by atoms with Crippen molar-refractivity contribution in [3.8, 4) is 0 Å². The zero-order valence-corrected chi connectivity index (χ0v) is 25.3. The van der Waals surface area contributed by atoms with E-state index in [9.17, 15) is 33.9 Å². The highest BCUT2D eigenvalue weighted by molar-refractivity contribution is 14.1. The quantitative estimate of drug-likeness (QED) is 0.131. The van der Waals surface area contributed by atoms with Gasteiger partial charge in [-0.25, -0.2) is 0 Å². The summed E-state index contributed by atoms with van der Waals surface area (Å²) in [6, 6.07) is 0. The number of aliphatic hydroxyl groups is 1. The maximum Gasteiger partial charge on any atom is 0.303 e. The zero-order chi connectivity index (χ0) is 31.0. The predicted octanol–water partition coefficient (Wildman–Crippen LogP) is -0.530. The molecule has 0 radical (unpaired) electrons. The third kappa shape index (κ3) is 10.0. The first kappa shape index (κ1) is 34.6. The molecule has 2 rings (SSSR count). The molecule has 0 aliphatic carbocycles. The van der Waals surface area contributed by atoms with E-state index in [0.29, 0.717) is 0 Å². The summed E-state index contributed by atoms with van der Waals surface area (Å²) in [5.41, 5.74) is 0. The summed E-state index contributed by atoms with van der Waals surface area (Å²) in [5.74, 6) is -4.88. The van der Waals surface area contributed by atoms with Crippen LogP contribution in [0.2, 0.25) is 0 Å². The van der Waals surface area contributed by atoms with Gasteiger partial charge < -0.3 is 47.7 Å². The molecule has 41 heavy (non-hydrogen) atoms. The second kappa shape index (κ2) is 15.6. The van der Waals surface area contributed by atoms with Crippen molar-refractivity contribution in [2.24, 2.45) is 0 Å². The number of hydrogen-bond donors (Lipinski definition) is 1. The fourth-order valence-corrected chi connectivity index (χ4v) is 4.99. The Hall–Kier alpha value is -2.61. The monoisotopic (exact) mass is 704 g/mol. The van der Waals surface area contributed by atoms with Crippen molar-refractivity contribution in [1.29, 1.82) is 0 Å². The van der Waals surface area contributed by atoms with Gasteiger partial charge in [0.15, 0.2) is 43.1 Å². The van der Waals surface area contributed by atoms with Gasteiger partial charge in [-0.1, -0.05) is 22.6 Å². The first-order chi connectivity index (χ1) is 19.1. The summed E-state index contributed by atoms with van der Waals surface area (Å²) in [6.45, 7) is 5.96. The average molecular weight is 704 g/mol. The van der Waals surface area contributed by atoms with Gasteiger partial charge in [-0.05, 0) is 0 Å². The van der Waals surface area contributed by atoms with E-state index in [4.69, 9.17) is 42.6 Å². The summed E-state index contributed by atoms with van der Waals surface area (Å²) < 4.78 is 49.5. The molecule has 10 atom stereocenters. The molecule has 0 saturated carbocycles.